The number of hydrogen-bond acceptors (Lipinski definition) is 7. The fourth-order valence-electron chi connectivity index (χ4n) is 5.71. The van der Waals surface area contributed by atoms with Crippen molar-refractivity contribution in [3.05, 3.63) is 0 Å². The molecule has 0 aromatic heterocycles. The Hall–Kier alpha value is -0.950. The second-order valence-electron chi connectivity index (χ2n) is 13.5. The van der Waals surface area contributed by atoms with Crippen molar-refractivity contribution in [3.63, 3.8) is 0 Å². The van der Waals surface area contributed by atoms with Gasteiger partial charge in [0, 0.05) is 19.4 Å². The van der Waals surface area contributed by atoms with Crippen LogP contribution in [0.15, 0.2) is 0 Å². The summed E-state index contributed by atoms with van der Waals surface area (Å²) < 4.78 is 28.5. The van der Waals surface area contributed by atoms with Gasteiger partial charge in [-0.3, -0.25) is 14.2 Å². The molecule has 0 saturated carbocycles. The van der Waals surface area contributed by atoms with Crippen LogP contribution in [0.1, 0.15) is 194 Å². The number of nitrogens with one attached hydrogen (secondary N) is 1. The van der Waals surface area contributed by atoms with Gasteiger partial charge in [0.1, 0.15) is 6.61 Å². The molecule has 0 aromatic carbocycles. The molecule has 0 spiro atoms. The van der Waals surface area contributed by atoms with E-state index in [1.807, 2.05) is 0 Å². The van der Waals surface area contributed by atoms with E-state index in [0.717, 1.165) is 38.5 Å². The Labute approximate surface area is 290 Å². The number of hydrogen-bond donors (Lipinski definition) is 2. The first-order valence-electron chi connectivity index (χ1n) is 19.8. The second kappa shape index (κ2) is 34.9. The Morgan fingerprint density at radius 1 is 0.574 bits per heavy atom. The second-order valence-corrected chi connectivity index (χ2v) is 15.5. The smallest absolute Gasteiger partial charge is 0.329 e. The lowest BCUT2D eigenvalue weighted by atomic mass is 10.0. The molecule has 47 heavy (non-hydrogen) atoms. The maximum absolute atomic E-state index is 12.5. The molecule has 8 nitrogen and oxygen atoms in total. The molecule has 0 aliphatic heterocycles. The van der Waals surface area contributed by atoms with E-state index >= 15 is 0 Å². The highest BCUT2D eigenvalue weighted by molar-refractivity contribution is 7.52. The van der Waals surface area contributed by atoms with Gasteiger partial charge in [-0.15, -0.1) is 0 Å². The predicted molar refractivity (Wildman–Crippen MR) is 196 cm³/mol. The first kappa shape index (κ1) is 46.0. The molecular weight excluding hydrogens is 613 g/mol. The lowest BCUT2D eigenvalue weighted by Crippen LogP contribution is -2.29. The van der Waals surface area contributed by atoms with Crippen molar-refractivity contribution in [2.75, 3.05) is 33.0 Å². The summed E-state index contributed by atoms with van der Waals surface area (Å²) in [4.78, 5) is 35.0. The van der Waals surface area contributed by atoms with Gasteiger partial charge in [-0.05, 0) is 19.9 Å². The molecule has 0 amide bonds. The molecule has 1 unspecified atom stereocenters. The average Bonchev–Trinajstić information content (AvgIpc) is 3.05. The zero-order valence-electron chi connectivity index (χ0n) is 31.0. The van der Waals surface area contributed by atoms with E-state index in [1.54, 1.807) is 7.05 Å². The van der Waals surface area contributed by atoms with Crippen LogP contribution in [-0.4, -0.2) is 55.9 Å². The van der Waals surface area contributed by atoms with Gasteiger partial charge in [-0.1, -0.05) is 168 Å². The minimum Gasteiger partial charge on any atom is -0.462 e. The summed E-state index contributed by atoms with van der Waals surface area (Å²) in [6, 6.07) is 0. The Morgan fingerprint density at radius 2 is 0.936 bits per heavy atom. The van der Waals surface area contributed by atoms with Crippen molar-refractivity contribution in [1.82, 2.24) is 5.32 Å². The van der Waals surface area contributed by atoms with Crippen LogP contribution in [0.25, 0.3) is 0 Å². The molecule has 2 atom stereocenters. The average molecular weight is 690 g/mol. The predicted octanol–water partition coefficient (Wildman–Crippen LogP) is 10.8. The summed E-state index contributed by atoms with van der Waals surface area (Å²) in [5.74, 6) is -0.731. The maximum atomic E-state index is 12.5. The zero-order chi connectivity index (χ0) is 34.7. The fraction of sp³-hybridized carbons (Fsp3) is 0.947. The first-order chi connectivity index (χ1) is 22.8. The van der Waals surface area contributed by atoms with Crippen LogP contribution in [0.4, 0.5) is 0 Å². The standard InChI is InChI=1S/C38H76NO7P/c1-4-6-8-10-12-14-16-18-20-22-24-26-28-30-37(40)44-34-36(35-45-47(42,43)33-32-39-3)46-38(41)31-29-27-25-23-21-19-17-15-13-11-9-7-5-2/h36,39H,4-35H2,1-3H3,(H,42,43)/t36-/m0/s1. The molecule has 280 valence electrons. The lowest BCUT2D eigenvalue weighted by Gasteiger charge is -2.20. The molecule has 0 aromatic rings. The van der Waals surface area contributed by atoms with Crippen LogP contribution < -0.4 is 5.32 Å². The summed E-state index contributed by atoms with van der Waals surface area (Å²) in [5, 5.41) is 2.83. The van der Waals surface area contributed by atoms with E-state index in [4.69, 9.17) is 14.0 Å². The quantitative estimate of drug-likeness (QED) is 0.0377. The molecule has 9 heteroatoms. The van der Waals surface area contributed by atoms with Crippen LogP contribution in [0.2, 0.25) is 0 Å². The molecule has 0 aliphatic rings. The van der Waals surface area contributed by atoms with Crippen molar-refractivity contribution in [2.45, 2.75) is 200 Å². The largest absolute Gasteiger partial charge is 0.462 e. The number of rotatable bonds is 37. The highest BCUT2D eigenvalue weighted by Gasteiger charge is 2.24. The monoisotopic (exact) mass is 690 g/mol. The number of ether oxygens (including phenoxy) is 2. The Bertz CT molecular complexity index is 752. The molecule has 0 heterocycles. The van der Waals surface area contributed by atoms with E-state index in [-0.39, 0.29) is 31.8 Å². The molecule has 0 bridgehead atoms. The van der Waals surface area contributed by atoms with Crippen molar-refractivity contribution >= 4 is 19.5 Å². The normalized spacial score (nSPS) is 13.4. The van der Waals surface area contributed by atoms with Crippen LogP contribution in [-0.2, 0) is 28.2 Å². The number of carbonyl (C=O) groups excluding carboxylic acids is 2. The fourth-order valence-corrected chi connectivity index (χ4v) is 6.74. The molecule has 0 aliphatic carbocycles. The number of unbranched alkanes of at least 4 members (excludes halogenated alkanes) is 24. The van der Waals surface area contributed by atoms with Crippen LogP contribution in [0.3, 0.4) is 0 Å². The number of esters is 2. The van der Waals surface area contributed by atoms with Crippen molar-refractivity contribution in [3.8, 4) is 0 Å². The van der Waals surface area contributed by atoms with E-state index in [1.165, 1.54) is 128 Å². The van der Waals surface area contributed by atoms with Crippen LogP contribution >= 0.6 is 7.60 Å². The number of carbonyl (C=O) groups is 2. The van der Waals surface area contributed by atoms with E-state index in [2.05, 4.69) is 19.2 Å². The topological polar surface area (TPSA) is 111 Å². The van der Waals surface area contributed by atoms with Gasteiger partial charge < -0.3 is 24.2 Å². The Morgan fingerprint density at radius 3 is 1.32 bits per heavy atom. The minimum absolute atomic E-state index is 0.0536. The Balaban J connectivity index is 4.18. The van der Waals surface area contributed by atoms with Gasteiger partial charge in [0.05, 0.1) is 12.8 Å². The van der Waals surface area contributed by atoms with Gasteiger partial charge in [-0.2, -0.15) is 0 Å². The third-order valence-corrected chi connectivity index (χ3v) is 10.1. The van der Waals surface area contributed by atoms with Gasteiger partial charge >= 0.3 is 19.5 Å². The van der Waals surface area contributed by atoms with E-state index < -0.39 is 19.7 Å². The van der Waals surface area contributed by atoms with Gasteiger partial charge in [0.2, 0.25) is 0 Å². The summed E-state index contributed by atoms with van der Waals surface area (Å²) in [5.41, 5.74) is 0. The molecule has 2 N–H and O–H groups in total. The summed E-state index contributed by atoms with van der Waals surface area (Å²) in [6.45, 7) is 4.37. The molecule has 0 rings (SSSR count). The maximum Gasteiger partial charge on any atom is 0.329 e. The highest BCUT2D eigenvalue weighted by Crippen LogP contribution is 2.41. The van der Waals surface area contributed by atoms with Crippen molar-refractivity contribution < 1.29 is 33.0 Å². The minimum atomic E-state index is -3.84. The SMILES string of the molecule is CCCCCCCCCCCCCCCC(=O)OC[C@@H](COP(=O)(O)CCNC)OC(=O)CCCCCCCCCCCCCCC. The van der Waals surface area contributed by atoms with Gasteiger partial charge in [0.15, 0.2) is 6.10 Å². The van der Waals surface area contributed by atoms with Crippen molar-refractivity contribution in [1.29, 1.82) is 0 Å². The van der Waals surface area contributed by atoms with Crippen LogP contribution in [0.5, 0.6) is 0 Å². The third-order valence-electron chi connectivity index (χ3n) is 8.80. The molecule has 0 radical (unpaired) electrons. The Kier molecular flexibility index (Phi) is 34.2. The van der Waals surface area contributed by atoms with E-state index in [0.29, 0.717) is 13.0 Å². The summed E-state index contributed by atoms with van der Waals surface area (Å²) >= 11 is 0. The lowest BCUT2D eigenvalue weighted by molar-refractivity contribution is -0.161. The molecular formula is C38H76NO7P. The highest BCUT2D eigenvalue weighted by atomic mass is 31.2. The van der Waals surface area contributed by atoms with E-state index in [9.17, 15) is 19.0 Å². The first-order valence-corrected chi connectivity index (χ1v) is 21.6. The molecule has 0 fully saturated rings. The summed E-state index contributed by atoms with van der Waals surface area (Å²) in [7, 11) is -2.15. The summed E-state index contributed by atoms with van der Waals surface area (Å²) in [6.07, 6.45) is 31.7. The third kappa shape index (κ3) is 34.7. The molecule has 0 saturated heterocycles. The zero-order valence-corrected chi connectivity index (χ0v) is 31.9. The van der Waals surface area contributed by atoms with Crippen LogP contribution in [0, 0.1) is 0 Å². The van der Waals surface area contributed by atoms with Gasteiger partial charge in [0.25, 0.3) is 0 Å². The van der Waals surface area contributed by atoms with Crippen molar-refractivity contribution in [2.24, 2.45) is 0 Å². The van der Waals surface area contributed by atoms with Gasteiger partial charge in [-0.25, -0.2) is 0 Å².